The Morgan fingerprint density at radius 1 is 0.967 bits per heavy atom. The van der Waals surface area contributed by atoms with E-state index in [1.54, 1.807) is 37.9 Å². The van der Waals surface area contributed by atoms with Crippen molar-refractivity contribution in [3.05, 3.63) is 84.2 Å². The maximum atomic E-state index is 11.9. The van der Waals surface area contributed by atoms with Crippen LogP contribution in [0.1, 0.15) is 22.3 Å². The molecule has 154 valence electrons. The summed E-state index contributed by atoms with van der Waals surface area (Å²) in [7, 11) is 1.63. The van der Waals surface area contributed by atoms with Gasteiger partial charge in [0.05, 0.1) is 26.5 Å². The Labute approximate surface area is 175 Å². The predicted molar refractivity (Wildman–Crippen MR) is 114 cm³/mol. The van der Waals surface area contributed by atoms with E-state index in [4.69, 9.17) is 14.2 Å². The van der Waals surface area contributed by atoms with E-state index in [1.165, 1.54) is 0 Å². The smallest absolute Gasteiger partial charge is 0.271 e. The minimum atomic E-state index is -0.294. The Balaban J connectivity index is 1.41. The lowest BCUT2D eigenvalue weighted by molar-refractivity contribution is 0.0955. The first-order valence-corrected chi connectivity index (χ1v) is 9.48. The van der Waals surface area contributed by atoms with E-state index in [-0.39, 0.29) is 5.91 Å². The van der Waals surface area contributed by atoms with Crippen molar-refractivity contribution in [2.24, 2.45) is 5.10 Å². The summed E-state index contributed by atoms with van der Waals surface area (Å²) in [6.45, 7) is 1.05. The summed E-state index contributed by atoms with van der Waals surface area (Å²) in [5, 5.41) is 3.99. The number of carbonyl (C=O) groups is 1. The quantitative estimate of drug-likeness (QED) is 0.316. The van der Waals surface area contributed by atoms with Crippen LogP contribution in [-0.4, -0.2) is 37.4 Å². The third kappa shape index (κ3) is 6.63. The van der Waals surface area contributed by atoms with E-state index in [0.717, 1.165) is 29.2 Å². The Bertz CT molecular complexity index is 977. The van der Waals surface area contributed by atoms with Gasteiger partial charge in [-0.25, -0.2) is 5.43 Å². The first-order chi connectivity index (χ1) is 14.7. The molecule has 1 heterocycles. The highest BCUT2D eigenvalue weighted by Gasteiger charge is 2.02. The van der Waals surface area contributed by atoms with Crippen LogP contribution in [0.2, 0.25) is 0 Å². The number of nitrogens with one attached hydrogen (secondary N) is 1. The highest BCUT2D eigenvalue weighted by molar-refractivity contribution is 5.94. The van der Waals surface area contributed by atoms with E-state index in [9.17, 15) is 4.79 Å². The number of nitrogens with zero attached hydrogens (tertiary/aromatic N) is 2. The topological polar surface area (TPSA) is 82.0 Å². The summed E-state index contributed by atoms with van der Waals surface area (Å²) in [4.78, 5) is 15.8. The van der Waals surface area contributed by atoms with Crippen LogP contribution in [0.4, 0.5) is 0 Å². The number of hydrogen-bond acceptors (Lipinski definition) is 6. The maximum absolute atomic E-state index is 11.9. The fourth-order valence-electron chi connectivity index (χ4n) is 2.55. The van der Waals surface area contributed by atoms with Crippen molar-refractivity contribution in [2.75, 3.05) is 20.3 Å². The van der Waals surface area contributed by atoms with Crippen LogP contribution < -0.4 is 19.6 Å². The highest BCUT2D eigenvalue weighted by Crippen LogP contribution is 2.19. The lowest BCUT2D eigenvalue weighted by atomic mass is 10.2. The van der Waals surface area contributed by atoms with Gasteiger partial charge in [0.15, 0.2) is 0 Å². The van der Waals surface area contributed by atoms with Crippen LogP contribution in [0, 0.1) is 0 Å². The molecule has 0 radical (unpaired) electrons. The highest BCUT2D eigenvalue weighted by atomic mass is 16.5. The number of ether oxygens (including phenoxy) is 3. The molecule has 2 aromatic carbocycles. The Kier molecular flexibility index (Phi) is 7.79. The van der Waals surface area contributed by atoms with E-state index in [0.29, 0.717) is 18.8 Å². The van der Waals surface area contributed by atoms with Gasteiger partial charge in [0.2, 0.25) is 0 Å². The summed E-state index contributed by atoms with van der Waals surface area (Å²) >= 11 is 0. The molecule has 0 saturated heterocycles. The van der Waals surface area contributed by atoms with Crippen molar-refractivity contribution in [3.8, 4) is 17.2 Å². The van der Waals surface area contributed by atoms with Crippen molar-refractivity contribution < 1.29 is 19.0 Å². The first kappa shape index (κ1) is 20.9. The summed E-state index contributed by atoms with van der Waals surface area (Å²) in [5.41, 5.74) is 3.80. The van der Waals surface area contributed by atoms with Gasteiger partial charge < -0.3 is 14.2 Å². The van der Waals surface area contributed by atoms with Gasteiger partial charge in [-0.2, -0.15) is 5.10 Å². The SMILES string of the molecule is COc1cccc(OCCCOc2cccc(/C=N/NC(=O)c3ccncc3)c2)c1. The Morgan fingerprint density at radius 2 is 1.63 bits per heavy atom. The molecule has 7 nitrogen and oxygen atoms in total. The third-order valence-corrected chi connectivity index (χ3v) is 4.05. The molecular formula is C23H23N3O4. The van der Waals surface area contributed by atoms with Gasteiger partial charge in [0.1, 0.15) is 17.2 Å². The number of hydrazone groups is 1. The molecule has 0 fully saturated rings. The molecule has 7 heteroatoms. The molecule has 0 spiro atoms. The molecule has 0 aliphatic rings. The summed E-state index contributed by atoms with van der Waals surface area (Å²) in [5.74, 6) is 1.96. The van der Waals surface area contributed by atoms with Crippen molar-refractivity contribution in [2.45, 2.75) is 6.42 Å². The van der Waals surface area contributed by atoms with Gasteiger partial charge in [0.25, 0.3) is 5.91 Å². The van der Waals surface area contributed by atoms with Crippen LogP contribution in [0.5, 0.6) is 17.2 Å². The van der Waals surface area contributed by atoms with E-state index >= 15 is 0 Å². The first-order valence-electron chi connectivity index (χ1n) is 9.48. The molecule has 30 heavy (non-hydrogen) atoms. The molecule has 1 N–H and O–H groups in total. The van der Waals surface area contributed by atoms with Crippen molar-refractivity contribution in [1.29, 1.82) is 0 Å². The number of aromatic nitrogens is 1. The second-order valence-corrected chi connectivity index (χ2v) is 6.24. The van der Waals surface area contributed by atoms with Crippen molar-refractivity contribution in [1.82, 2.24) is 10.4 Å². The number of carbonyl (C=O) groups excluding carboxylic acids is 1. The monoisotopic (exact) mass is 405 g/mol. The average Bonchev–Trinajstić information content (AvgIpc) is 2.80. The molecule has 0 unspecified atom stereocenters. The molecular weight excluding hydrogens is 382 g/mol. The van der Waals surface area contributed by atoms with Crippen LogP contribution in [0.25, 0.3) is 0 Å². The van der Waals surface area contributed by atoms with Crippen LogP contribution in [0.15, 0.2) is 78.2 Å². The number of rotatable bonds is 10. The molecule has 0 bridgehead atoms. The van der Waals surface area contributed by atoms with E-state index < -0.39 is 0 Å². The molecule has 1 aromatic heterocycles. The summed E-state index contributed by atoms with van der Waals surface area (Å²) in [6, 6.07) is 18.2. The summed E-state index contributed by atoms with van der Waals surface area (Å²) < 4.78 is 16.6. The second kappa shape index (κ2) is 11.2. The lowest BCUT2D eigenvalue weighted by Gasteiger charge is -2.09. The zero-order valence-corrected chi connectivity index (χ0v) is 16.7. The Hall–Kier alpha value is -3.87. The second-order valence-electron chi connectivity index (χ2n) is 6.24. The fraction of sp³-hybridized carbons (Fsp3) is 0.174. The van der Waals surface area contributed by atoms with Gasteiger partial charge in [-0.1, -0.05) is 18.2 Å². The minimum Gasteiger partial charge on any atom is -0.497 e. The molecule has 0 aliphatic carbocycles. The summed E-state index contributed by atoms with van der Waals surface area (Å²) in [6.07, 6.45) is 5.41. The van der Waals surface area contributed by atoms with Crippen LogP contribution >= 0.6 is 0 Å². The zero-order valence-electron chi connectivity index (χ0n) is 16.7. The molecule has 0 aliphatic heterocycles. The minimum absolute atomic E-state index is 0.294. The molecule has 1 amide bonds. The van der Waals surface area contributed by atoms with Gasteiger partial charge in [-0.05, 0) is 42.0 Å². The van der Waals surface area contributed by atoms with E-state index in [2.05, 4.69) is 15.5 Å². The normalized spacial score (nSPS) is 10.6. The fourth-order valence-corrected chi connectivity index (χ4v) is 2.55. The molecule has 3 aromatic rings. The zero-order chi connectivity index (χ0) is 21.0. The standard InChI is InChI=1S/C23H23N3O4/c1-28-20-6-3-8-22(16-20)30-14-4-13-29-21-7-2-5-18(15-21)17-25-26-23(27)19-9-11-24-12-10-19/h2-3,5-12,15-17H,4,13-14H2,1H3,(H,26,27)/b25-17+. The predicted octanol–water partition coefficient (Wildman–Crippen LogP) is 3.70. The average molecular weight is 405 g/mol. The molecule has 0 atom stereocenters. The number of pyridine rings is 1. The van der Waals surface area contributed by atoms with Crippen LogP contribution in [0.3, 0.4) is 0 Å². The van der Waals surface area contributed by atoms with Gasteiger partial charge >= 0.3 is 0 Å². The number of hydrogen-bond donors (Lipinski definition) is 1. The number of methoxy groups -OCH3 is 1. The Morgan fingerprint density at radius 3 is 2.37 bits per heavy atom. The van der Waals surface area contributed by atoms with Crippen molar-refractivity contribution >= 4 is 12.1 Å². The van der Waals surface area contributed by atoms with Gasteiger partial charge in [-0.15, -0.1) is 0 Å². The third-order valence-electron chi connectivity index (χ3n) is 4.05. The molecule has 0 saturated carbocycles. The maximum Gasteiger partial charge on any atom is 0.271 e. The number of benzene rings is 2. The van der Waals surface area contributed by atoms with E-state index in [1.807, 2.05) is 48.5 Å². The number of amides is 1. The van der Waals surface area contributed by atoms with Crippen molar-refractivity contribution in [3.63, 3.8) is 0 Å². The largest absolute Gasteiger partial charge is 0.497 e. The van der Waals surface area contributed by atoms with Gasteiger partial charge in [-0.3, -0.25) is 9.78 Å². The lowest BCUT2D eigenvalue weighted by Crippen LogP contribution is -2.17. The van der Waals surface area contributed by atoms with Gasteiger partial charge in [0, 0.05) is 30.4 Å². The molecule has 3 rings (SSSR count). The van der Waals surface area contributed by atoms with Crippen LogP contribution in [-0.2, 0) is 0 Å².